The van der Waals surface area contributed by atoms with Crippen LogP contribution in [0.5, 0.6) is 0 Å². The highest BCUT2D eigenvalue weighted by atomic mass is 16.8. The van der Waals surface area contributed by atoms with E-state index in [2.05, 4.69) is 16.7 Å². The summed E-state index contributed by atoms with van der Waals surface area (Å²) in [7, 11) is 0. The molecule has 1 spiro atoms. The van der Waals surface area contributed by atoms with Crippen molar-refractivity contribution in [3.63, 3.8) is 0 Å². The zero-order chi connectivity index (χ0) is 40.5. The number of carbonyl (C=O) groups is 4. The van der Waals surface area contributed by atoms with Crippen LogP contribution >= 0.6 is 0 Å². The second-order valence-corrected chi connectivity index (χ2v) is 17.0. The van der Waals surface area contributed by atoms with E-state index in [4.69, 9.17) is 23.7 Å². The molecule has 13 nitrogen and oxygen atoms in total. The minimum absolute atomic E-state index is 0.0446. The third-order valence-corrected chi connectivity index (χ3v) is 11.3. The number of rotatable bonds is 13. The summed E-state index contributed by atoms with van der Waals surface area (Å²) in [5.41, 5.74) is 2.77. The average molecular weight is 787 g/mol. The number of nitrogens with one attached hydrogen (secondary N) is 2. The molecule has 57 heavy (non-hydrogen) atoms. The van der Waals surface area contributed by atoms with Crippen LogP contribution in [-0.4, -0.2) is 101 Å². The molecule has 2 aliphatic heterocycles. The summed E-state index contributed by atoms with van der Waals surface area (Å²) >= 11 is 0. The monoisotopic (exact) mass is 786 g/mol. The molecule has 3 aliphatic carbocycles. The van der Waals surface area contributed by atoms with E-state index in [1.165, 1.54) is 6.92 Å². The van der Waals surface area contributed by atoms with Crippen molar-refractivity contribution in [3.8, 4) is 0 Å². The fourth-order valence-electron chi connectivity index (χ4n) is 8.37. The lowest BCUT2D eigenvalue weighted by molar-refractivity contribution is -0.172. The topological polar surface area (TPSA) is 182 Å². The van der Waals surface area contributed by atoms with Gasteiger partial charge in [-0.05, 0) is 88.1 Å². The van der Waals surface area contributed by atoms with Crippen molar-refractivity contribution in [3.05, 3.63) is 88.5 Å². The summed E-state index contributed by atoms with van der Waals surface area (Å²) in [5.74, 6) is -3.13. The van der Waals surface area contributed by atoms with E-state index >= 15 is 0 Å². The molecular formula is C44H54N2O11. The van der Waals surface area contributed by atoms with Crippen molar-refractivity contribution < 1.29 is 53.1 Å². The van der Waals surface area contributed by atoms with Gasteiger partial charge in [-0.3, -0.25) is 14.4 Å². The van der Waals surface area contributed by atoms with Crippen molar-refractivity contribution >= 4 is 29.8 Å². The lowest BCUT2D eigenvalue weighted by Crippen LogP contribution is -2.55. The first kappa shape index (κ1) is 40.8. The number of epoxide rings is 1. The maximum absolute atomic E-state index is 14.0. The van der Waals surface area contributed by atoms with Crippen LogP contribution in [0.15, 0.2) is 66.3 Å². The highest BCUT2D eigenvalue weighted by Gasteiger charge is 2.55. The van der Waals surface area contributed by atoms with Crippen molar-refractivity contribution in [2.45, 2.75) is 139 Å². The Morgan fingerprint density at radius 1 is 0.982 bits per heavy atom. The summed E-state index contributed by atoms with van der Waals surface area (Å²) in [6.45, 7) is 6.11. The Morgan fingerprint density at radius 2 is 1.70 bits per heavy atom. The average Bonchev–Trinajstić information content (AvgIpc) is 3.72. The molecule has 13 heteroatoms. The van der Waals surface area contributed by atoms with Crippen molar-refractivity contribution in [2.24, 2.45) is 5.92 Å². The molecule has 0 radical (unpaired) electrons. The van der Waals surface area contributed by atoms with E-state index in [1.807, 2.05) is 42.5 Å². The molecule has 0 bridgehead atoms. The molecule has 5 aliphatic rings. The van der Waals surface area contributed by atoms with Crippen LogP contribution in [0, 0.1) is 5.92 Å². The van der Waals surface area contributed by atoms with Gasteiger partial charge in [-0.25, -0.2) is 4.79 Å². The Bertz CT molecular complexity index is 1870. The van der Waals surface area contributed by atoms with Crippen molar-refractivity contribution in [1.29, 1.82) is 0 Å². The van der Waals surface area contributed by atoms with Gasteiger partial charge in [0.2, 0.25) is 11.8 Å². The number of aliphatic hydroxyl groups is 2. The van der Waals surface area contributed by atoms with E-state index in [0.717, 1.165) is 30.4 Å². The Morgan fingerprint density at radius 3 is 2.39 bits per heavy atom. The standard InChI is InChI=1S/C44H54N2O11/c1-25(48)38(41(51)45-31(24-47)16-18-37(49)56-43(2,3)4)46-40(50)30-20-35(39-36(21-30)55-44(57-39)22-28-10-5-6-11-29(28)23-44)54-42(52)32-12-8-7-9-27(32)15-13-26-14-17-33-34(19-26)53-33/h5-13,15,21,25-26,31,33-36,38-39,47-48H,14,16-20,22-24H2,1-4H3,(H,45,51)(H,46,50). The van der Waals surface area contributed by atoms with Gasteiger partial charge in [0.1, 0.15) is 30.0 Å². The molecule has 9 unspecified atom stereocenters. The van der Waals surface area contributed by atoms with Crippen LogP contribution in [0.2, 0.25) is 0 Å². The summed E-state index contributed by atoms with van der Waals surface area (Å²) in [4.78, 5) is 53.7. The van der Waals surface area contributed by atoms with Crippen molar-refractivity contribution in [2.75, 3.05) is 6.61 Å². The SMILES string of the molecule is CC(O)C(NC(=O)C1=CC2OC3(Cc4ccccc4C3)OC2C(OC(=O)c2ccccc2C=CC2CCC3OC3C2)C1)C(=O)NC(CO)CCC(=O)OC(C)(C)C. The molecule has 2 aromatic carbocycles. The van der Waals surface area contributed by atoms with Crippen LogP contribution in [0.3, 0.4) is 0 Å². The maximum Gasteiger partial charge on any atom is 0.339 e. The van der Waals surface area contributed by atoms with Crippen LogP contribution < -0.4 is 10.6 Å². The van der Waals surface area contributed by atoms with E-state index in [9.17, 15) is 29.4 Å². The number of hydrogen-bond acceptors (Lipinski definition) is 11. The van der Waals surface area contributed by atoms with Gasteiger partial charge in [-0.2, -0.15) is 0 Å². The molecular weight excluding hydrogens is 732 g/mol. The first-order chi connectivity index (χ1) is 27.2. The third kappa shape index (κ3) is 9.84. The number of hydrogen-bond donors (Lipinski definition) is 4. The lowest BCUT2D eigenvalue weighted by Gasteiger charge is -2.31. The fourth-order valence-corrected chi connectivity index (χ4v) is 8.37. The lowest BCUT2D eigenvalue weighted by atomic mass is 9.88. The van der Waals surface area contributed by atoms with Crippen LogP contribution in [0.25, 0.3) is 6.08 Å². The number of esters is 2. The molecule has 2 amide bonds. The van der Waals surface area contributed by atoms with E-state index in [-0.39, 0.29) is 24.8 Å². The van der Waals surface area contributed by atoms with Crippen molar-refractivity contribution in [1.82, 2.24) is 10.6 Å². The number of fused-ring (bicyclic) bond motifs is 3. The second-order valence-electron chi connectivity index (χ2n) is 17.0. The minimum atomic E-state index is -1.41. The van der Waals surface area contributed by atoms with Gasteiger partial charge >= 0.3 is 11.9 Å². The summed E-state index contributed by atoms with van der Waals surface area (Å²) in [6, 6.07) is 13.0. The van der Waals surface area contributed by atoms with Gasteiger partial charge in [-0.1, -0.05) is 54.6 Å². The fraction of sp³-hybridized carbons (Fsp3) is 0.545. The number of ether oxygens (including phenoxy) is 5. The zero-order valence-corrected chi connectivity index (χ0v) is 33.0. The van der Waals surface area contributed by atoms with Gasteiger partial charge in [0, 0.05) is 31.3 Å². The molecule has 1 saturated carbocycles. The van der Waals surface area contributed by atoms with Crippen LogP contribution in [0.4, 0.5) is 0 Å². The number of benzene rings is 2. The molecule has 7 rings (SSSR count). The van der Waals surface area contributed by atoms with Gasteiger partial charge < -0.3 is 44.5 Å². The highest BCUT2D eigenvalue weighted by Crippen LogP contribution is 2.45. The van der Waals surface area contributed by atoms with E-state index in [1.54, 1.807) is 39.0 Å². The number of amides is 2. The Labute approximate surface area is 333 Å². The van der Waals surface area contributed by atoms with Crippen LogP contribution in [-0.2, 0) is 50.9 Å². The normalized spacial score (nSPS) is 27.3. The van der Waals surface area contributed by atoms with Crippen LogP contribution in [0.1, 0.15) is 93.3 Å². The summed E-state index contributed by atoms with van der Waals surface area (Å²) in [5, 5.41) is 25.9. The molecule has 0 aromatic heterocycles. The predicted octanol–water partition coefficient (Wildman–Crippen LogP) is 3.87. The Kier molecular flexibility index (Phi) is 12.0. The summed E-state index contributed by atoms with van der Waals surface area (Å²) < 4.78 is 30.5. The van der Waals surface area contributed by atoms with E-state index < -0.39 is 78.2 Å². The number of aliphatic hydroxyl groups excluding tert-OH is 2. The van der Waals surface area contributed by atoms with Gasteiger partial charge in [0.15, 0.2) is 5.79 Å². The third-order valence-electron chi connectivity index (χ3n) is 11.3. The first-order valence-corrected chi connectivity index (χ1v) is 20.1. The largest absolute Gasteiger partial charge is 0.460 e. The molecule has 2 heterocycles. The molecule has 2 aromatic rings. The zero-order valence-electron chi connectivity index (χ0n) is 33.0. The first-order valence-electron chi connectivity index (χ1n) is 20.1. The summed E-state index contributed by atoms with van der Waals surface area (Å²) in [6.07, 6.45) is 6.71. The molecule has 4 N–H and O–H groups in total. The number of allylic oxidation sites excluding steroid dienone is 1. The predicted molar refractivity (Wildman–Crippen MR) is 207 cm³/mol. The quantitative estimate of drug-likeness (QED) is 0.171. The maximum atomic E-state index is 14.0. The molecule has 306 valence electrons. The number of carbonyl (C=O) groups excluding carboxylic acids is 4. The Hall–Kier alpha value is -4.40. The van der Waals surface area contributed by atoms with Gasteiger partial charge in [0.05, 0.1) is 36.5 Å². The molecule has 9 atom stereocenters. The Balaban J connectivity index is 1.07. The van der Waals surface area contributed by atoms with E-state index in [0.29, 0.717) is 42.1 Å². The molecule has 2 saturated heterocycles. The van der Waals surface area contributed by atoms with Gasteiger partial charge in [-0.15, -0.1) is 0 Å². The second kappa shape index (κ2) is 16.8. The smallest absolute Gasteiger partial charge is 0.339 e. The highest BCUT2D eigenvalue weighted by molar-refractivity contribution is 5.98. The minimum Gasteiger partial charge on any atom is -0.460 e. The van der Waals surface area contributed by atoms with Gasteiger partial charge in [0.25, 0.3) is 0 Å². The molecule has 3 fully saturated rings.